The number of rotatable bonds is 9. The Labute approximate surface area is 137 Å². The molecule has 2 aromatic heterocycles. The summed E-state index contributed by atoms with van der Waals surface area (Å²) >= 11 is 1.53. The monoisotopic (exact) mass is 337 g/mol. The minimum absolute atomic E-state index is 0.226. The fourth-order valence-corrected chi connectivity index (χ4v) is 2.72. The van der Waals surface area contributed by atoms with E-state index in [9.17, 15) is 9.59 Å². The topological polar surface area (TPSA) is 105 Å². The largest absolute Gasteiger partial charge is 0.480 e. The first-order valence-corrected chi connectivity index (χ1v) is 8.36. The summed E-state index contributed by atoms with van der Waals surface area (Å²) in [4.78, 5) is 28.0. The summed E-state index contributed by atoms with van der Waals surface area (Å²) in [5, 5.41) is 17.4. The molecule has 0 aliphatic heterocycles. The predicted molar refractivity (Wildman–Crippen MR) is 85.0 cm³/mol. The molecule has 0 aliphatic rings. The van der Waals surface area contributed by atoms with Crippen molar-refractivity contribution in [3.05, 3.63) is 23.4 Å². The molecule has 0 fully saturated rings. The van der Waals surface area contributed by atoms with E-state index in [1.165, 1.54) is 11.3 Å². The lowest BCUT2D eigenvalue weighted by molar-refractivity contribution is -0.142. The zero-order chi connectivity index (χ0) is 16.7. The molecule has 7 nitrogen and oxygen atoms in total. The van der Waals surface area contributed by atoms with Crippen LogP contribution in [0.1, 0.15) is 38.5 Å². The van der Waals surface area contributed by atoms with Crippen LogP contribution in [0.4, 0.5) is 0 Å². The van der Waals surface area contributed by atoms with Gasteiger partial charge in [0.15, 0.2) is 0 Å². The van der Waals surface area contributed by atoms with E-state index in [-0.39, 0.29) is 12.3 Å². The molecule has 0 saturated carbocycles. The number of aromatic nitrogens is 2. The molecule has 0 aliphatic carbocycles. The van der Waals surface area contributed by atoms with Gasteiger partial charge >= 0.3 is 5.97 Å². The van der Waals surface area contributed by atoms with Crippen LogP contribution >= 0.6 is 11.3 Å². The van der Waals surface area contributed by atoms with Crippen molar-refractivity contribution in [1.29, 1.82) is 0 Å². The van der Waals surface area contributed by atoms with E-state index in [4.69, 9.17) is 9.63 Å². The summed E-state index contributed by atoms with van der Waals surface area (Å²) in [5.74, 6) is -0.251. The standard InChI is InChI=1S/C15H19N3O4S/c1-2-5-10(15(20)21)16-12(19)7-3-8-13-17-14(18-22-13)11-6-4-9-23-11/h4,6,9-10H,2-3,5,7-8H2,1H3,(H,16,19)(H,20,21). The Balaban J connectivity index is 1.76. The van der Waals surface area contributed by atoms with E-state index >= 15 is 0 Å². The van der Waals surface area contributed by atoms with Gasteiger partial charge in [-0.25, -0.2) is 4.79 Å². The number of carboxylic acids is 1. The highest BCUT2D eigenvalue weighted by Gasteiger charge is 2.18. The third kappa shape index (κ3) is 5.17. The number of carboxylic acid groups (broad SMARTS) is 1. The molecule has 1 unspecified atom stereocenters. The van der Waals surface area contributed by atoms with Crippen molar-refractivity contribution < 1.29 is 19.2 Å². The molecule has 2 rings (SSSR count). The molecule has 0 spiro atoms. The Kier molecular flexibility index (Phi) is 6.28. The third-order valence-electron chi connectivity index (χ3n) is 3.21. The SMILES string of the molecule is CCCC(NC(=O)CCCc1nc(-c2cccs2)no1)C(=O)O. The minimum Gasteiger partial charge on any atom is -0.480 e. The molecule has 23 heavy (non-hydrogen) atoms. The van der Waals surface area contributed by atoms with Crippen LogP contribution in [0.2, 0.25) is 0 Å². The second kappa shape index (κ2) is 8.42. The van der Waals surface area contributed by atoms with Crippen molar-refractivity contribution in [2.45, 2.75) is 45.1 Å². The molecule has 2 N–H and O–H groups in total. The molecular weight excluding hydrogens is 318 g/mol. The lowest BCUT2D eigenvalue weighted by atomic mass is 10.1. The number of carbonyl (C=O) groups is 2. The van der Waals surface area contributed by atoms with Crippen LogP contribution in [-0.2, 0) is 16.0 Å². The van der Waals surface area contributed by atoms with E-state index in [0.717, 1.165) is 4.88 Å². The summed E-state index contributed by atoms with van der Waals surface area (Å²) in [6, 6.07) is 3.00. The summed E-state index contributed by atoms with van der Waals surface area (Å²) < 4.78 is 5.15. The zero-order valence-electron chi connectivity index (χ0n) is 12.8. The van der Waals surface area contributed by atoms with Gasteiger partial charge in [0.1, 0.15) is 6.04 Å². The smallest absolute Gasteiger partial charge is 0.326 e. The fraction of sp³-hybridized carbons (Fsp3) is 0.467. The highest BCUT2D eigenvalue weighted by atomic mass is 32.1. The summed E-state index contributed by atoms with van der Waals surface area (Å²) in [5.41, 5.74) is 0. The van der Waals surface area contributed by atoms with Crippen molar-refractivity contribution >= 4 is 23.2 Å². The average molecular weight is 337 g/mol. The van der Waals surface area contributed by atoms with Crippen molar-refractivity contribution in [2.24, 2.45) is 0 Å². The van der Waals surface area contributed by atoms with Gasteiger partial charge < -0.3 is 14.9 Å². The minimum atomic E-state index is -1.00. The van der Waals surface area contributed by atoms with Crippen molar-refractivity contribution in [3.63, 3.8) is 0 Å². The van der Waals surface area contributed by atoms with Crippen molar-refractivity contribution in [2.75, 3.05) is 0 Å². The Morgan fingerprint density at radius 1 is 1.48 bits per heavy atom. The number of aliphatic carboxylic acids is 1. The normalized spacial score (nSPS) is 12.0. The highest BCUT2D eigenvalue weighted by molar-refractivity contribution is 7.13. The molecule has 8 heteroatoms. The van der Waals surface area contributed by atoms with Crippen LogP contribution < -0.4 is 5.32 Å². The first-order valence-electron chi connectivity index (χ1n) is 7.48. The quantitative estimate of drug-likeness (QED) is 0.728. The van der Waals surface area contributed by atoms with E-state index < -0.39 is 12.0 Å². The van der Waals surface area contributed by atoms with Crippen LogP contribution in [0.5, 0.6) is 0 Å². The van der Waals surface area contributed by atoms with Gasteiger partial charge in [0, 0.05) is 12.8 Å². The molecule has 0 radical (unpaired) electrons. The molecule has 1 amide bonds. The maximum atomic E-state index is 11.8. The molecule has 0 saturated heterocycles. The maximum absolute atomic E-state index is 11.8. The van der Waals surface area contributed by atoms with Gasteiger partial charge in [-0.1, -0.05) is 24.6 Å². The van der Waals surface area contributed by atoms with Gasteiger partial charge in [0.05, 0.1) is 4.88 Å². The summed E-state index contributed by atoms with van der Waals surface area (Å²) in [7, 11) is 0. The van der Waals surface area contributed by atoms with E-state index in [1.54, 1.807) is 0 Å². The van der Waals surface area contributed by atoms with Gasteiger partial charge in [0.2, 0.25) is 17.6 Å². The van der Waals surface area contributed by atoms with Gasteiger partial charge in [-0.15, -0.1) is 11.3 Å². The van der Waals surface area contributed by atoms with Gasteiger partial charge in [-0.2, -0.15) is 4.98 Å². The zero-order valence-corrected chi connectivity index (χ0v) is 13.6. The Morgan fingerprint density at radius 3 is 2.96 bits per heavy atom. The third-order valence-corrected chi connectivity index (χ3v) is 4.08. The molecule has 124 valence electrons. The van der Waals surface area contributed by atoms with Crippen LogP contribution in [-0.4, -0.2) is 33.2 Å². The molecular formula is C15H19N3O4S. The van der Waals surface area contributed by atoms with Crippen molar-refractivity contribution in [1.82, 2.24) is 15.5 Å². The lowest BCUT2D eigenvalue weighted by Crippen LogP contribution is -2.40. The maximum Gasteiger partial charge on any atom is 0.326 e. The molecule has 1 atom stereocenters. The number of hydrogen-bond donors (Lipinski definition) is 2. The van der Waals surface area contributed by atoms with Crippen LogP contribution in [0, 0.1) is 0 Å². The van der Waals surface area contributed by atoms with E-state index in [1.807, 2.05) is 24.4 Å². The van der Waals surface area contributed by atoms with Crippen molar-refractivity contribution in [3.8, 4) is 10.7 Å². The average Bonchev–Trinajstić information content (AvgIpc) is 3.17. The second-order valence-corrected chi connectivity index (χ2v) is 6.04. The lowest BCUT2D eigenvalue weighted by Gasteiger charge is -2.13. The van der Waals surface area contributed by atoms with Crippen LogP contribution in [0.15, 0.2) is 22.0 Å². The summed E-state index contributed by atoms with van der Waals surface area (Å²) in [6.07, 6.45) is 2.36. The van der Waals surface area contributed by atoms with Gasteiger partial charge in [-0.3, -0.25) is 4.79 Å². The Hall–Kier alpha value is -2.22. The first kappa shape index (κ1) is 17.1. The predicted octanol–water partition coefficient (Wildman–Crippen LogP) is 2.49. The number of carbonyl (C=O) groups excluding carboxylic acids is 1. The molecule has 2 aromatic rings. The number of amides is 1. The molecule has 0 bridgehead atoms. The van der Waals surface area contributed by atoms with Crippen LogP contribution in [0.3, 0.4) is 0 Å². The van der Waals surface area contributed by atoms with Gasteiger partial charge in [0.25, 0.3) is 0 Å². The number of nitrogens with one attached hydrogen (secondary N) is 1. The second-order valence-electron chi connectivity index (χ2n) is 5.09. The summed E-state index contributed by atoms with van der Waals surface area (Å²) in [6.45, 7) is 1.88. The number of hydrogen-bond acceptors (Lipinski definition) is 6. The van der Waals surface area contributed by atoms with Crippen LogP contribution in [0.25, 0.3) is 10.7 Å². The fourth-order valence-electron chi connectivity index (χ4n) is 2.08. The number of nitrogens with zero attached hydrogens (tertiary/aromatic N) is 2. The number of thiophene rings is 1. The molecule has 2 heterocycles. The highest BCUT2D eigenvalue weighted by Crippen LogP contribution is 2.21. The molecule has 0 aromatic carbocycles. The Morgan fingerprint density at radius 2 is 2.30 bits per heavy atom. The van der Waals surface area contributed by atoms with E-state index in [0.29, 0.717) is 37.4 Å². The number of aryl methyl sites for hydroxylation is 1. The van der Waals surface area contributed by atoms with Gasteiger partial charge in [-0.05, 0) is 24.3 Å². The van der Waals surface area contributed by atoms with E-state index in [2.05, 4.69) is 15.5 Å². The first-order chi connectivity index (χ1) is 11.1. The Bertz CT molecular complexity index is 639.